The number of nitrogens with zero attached hydrogens (tertiary/aromatic N) is 2. The summed E-state index contributed by atoms with van der Waals surface area (Å²) in [5.41, 5.74) is 0.367. The van der Waals surface area contributed by atoms with E-state index in [4.69, 9.17) is 4.74 Å². The Hall–Kier alpha value is -2.15. The number of carbonyl (C=O) groups excluding carboxylic acids is 1. The Bertz CT molecular complexity index is 492. The van der Waals surface area contributed by atoms with E-state index in [2.05, 4.69) is 5.32 Å². The smallest absolute Gasteiger partial charge is 0.322 e. The Balaban J connectivity index is 2.02. The third-order valence-electron chi connectivity index (χ3n) is 2.84. The lowest BCUT2D eigenvalue weighted by atomic mass is 10.3. The van der Waals surface area contributed by atoms with Crippen LogP contribution in [0.3, 0.4) is 0 Å². The molecule has 19 heavy (non-hydrogen) atoms. The fourth-order valence-electron chi connectivity index (χ4n) is 1.90. The highest BCUT2D eigenvalue weighted by Gasteiger charge is 2.21. The second kappa shape index (κ2) is 5.66. The standard InChI is InChI=1S/C12H15N3O4/c1-9-8-14(5-6-19-9)12(16)13-10-3-2-4-11(7-10)15(17)18/h2-4,7,9H,5-6,8H2,1H3,(H,13,16). The van der Waals surface area contributed by atoms with Crippen LogP contribution in [0.15, 0.2) is 24.3 Å². The maximum absolute atomic E-state index is 12.0. The number of hydrogen-bond acceptors (Lipinski definition) is 4. The van der Waals surface area contributed by atoms with Crippen molar-refractivity contribution in [2.24, 2.45) is 0 Å². The first kappa shape index (κ1) is 13.3. The van der Waals surface area contributed by atoms with E-state index in [0.29, 0.717) is 25.4 Å². The highest BCUT2D eigenvalue weighted by atomic mass is 16.6. The van der Waals surface area contributed by atoms with Crippen LogP contribution in [0.2, 0.25) is 0 Å². The van der Waals surface area contributed by atoms with Gasteiger partial charge >= 0.3 is 6.03 Å². The molecule has 0 aliphatic carbocycles. The first-order chi connectivity index (χ1) is 9.06. The molecule has 1 fully saturated rings. The Labute approximate surface area is 110 Å². The summed E-state index contributed by atoms with van der Waals surface area (Å²) in [7, 11) is 0. The maximum atomic E-state index is 12.0. The first-order valence-electron chi connectivity index (χ1n) is 5.98. The molecule has 0 saturated carbocycles. The van der Waals surface area contributed by atoms with Crippen molar-refractivity contribution in [3.05, 3.63) is 34.4 Å². The number of nitrogens with one attached hydrogen (secondary N) is 1. The van der Waals surface area contributed by atoms with E-state index < -0.39 is 4.92 Å². The number of nitro groups is 1. The van der Waals surface area contributed by atoms with Crippen molar-refractivity contribution in [3.63, 3.8) is 0 Å². The largest absolute Gasteiger partial charge is 0.375 e. The van der Waals surface area contributed by atoms with Gasteiger partial charge in [-0.3, -0.25) is 10.1 Å². The van der Waals surface area contributed by atoms with Crippen LogP contribution in [-0.4, -0.2) is 41.7 Å². The molecule has 2 rings (SSSR count). The van der Waals surface area contributed by atoms with E-state index in [1.165, 1.54) is 18.2 Å². The molecular formula is C12H15N3O4. The van der Waals surface area contributed by atoms with E-state index >= 15 is 0 Å². The lowest BCUT2D eigenvalue weighted by Crippen LogP contribution is -2.46. The average molecular weight is 265 g/mol. The second-order valence-electron chi connectivity index (χ2n) is 4.37. The van der Waals surface area contributed by atoms with Gasteiger partial charge in [0.25, 0.3) is 5.69 Å². The number of carbonyl (C=O) groups is 1. The molecule has 7 heteroatoms. The summed E-state index contributed by atoms with van der Waals surface area (Å²) >= 11 is 0. The molecule has 1 N–H and O–H groups in total. The first-order valence-corrected chi connectivity index (χ1v) is 5.98. The predicted molar refractivity (Wildman–Crippen MR) is 69.1 cm³/mol. The van der Waals surface area contributed by atoms with Gasteiger partial charge in [-0.15, -0.1) is 0 Å². The molecule has 1 aliphatic rings. The van der Waals surface area contributed by atoms with E-state index in [1.807, 2.05) is 6.92 Å². The summed E-state index contributed by atoms with van der Waals surface area (Å²) in [5, 5.41) is 13.3. The number of nitro benzene ring substituents is 1. The van der Waals surface area contributed by atoms with Crippen LogP contribution >= 0.6 is 0 Å². The van der Waals surface area contributed by atoms with E-state index in [1.54, 1.807) is 11.0 Å². The van der Waals surface area contributed by atoms with Gasteiger partial charge in [-0.1, -0.05) is 6.07 Å². The molecule has 1 aromatic carbocycles. The molecule has 0 spiro atoms. The number of hydrogen-bond donors (Lipinski definition) is 1. The Morgan fingerprint density at radius 2 is 2.37 bits per heavy atom. The number of urea groups is 1. The number of morpholine rings is 1. The second-order valence-corrected chi connectivity index (χ2v) is 4.37. The predicted octanol–water partition coefficient (Wildman–Crippen LogP) is 1.85. The number of anilines is 1. The van der Waals surface area contributed by atoms with Crippen LogP contribution in [0, 0.1) is 10.1 Å². The molecule has 0 radical (unpaired) electrons. The molecule has 1 heterocycles. The third-order valence-corrected chi connectivity index (χ3v) is 2.84. The zero-order valence-corrected chi connectivity index (χ0v) is 10.5. The van der Waals surface area contributed by atoms with Crippen LogP contribution in [0.25, 0.3) is 0 Å². The third kappa shape index (κ3) is 3.41. The quantitative estimate of drug-likeness (QED) is 0.653. The summed E-state index contributed by atoms with van der Waals surface area (Å²) in [6, 6.07) is 5.61. The molecule has 1 aromatic rings. The summed E-state index contributed by atoms with van der Waals surface area (Å²) in [5.74, 6) is 0. The van der Waals surface area contributed by atoms with Crippen molar-refractivity contribution in [1.29, 1.82) is 0 Å². The minimum atomic E-state index is -0.494. The molecule has 102 valence electrons. The monoisotopic (exact) mass is 265 g/mol. The van der Waals surface area contributed by atoms with Crippen LogP contribution in [0.4, 0.5) is 16.2 Å². The number of ether oxygens (including phenoxy) is 1. The molecule has 1 unspecified atom stereocenters. The van der Waals surface area contributed by atoms with Gasteiger partial charge in [0, 0.05) is 30.9 Å². The number of benzene rings is 1. The van der Waals surface area contributed by atoms with Crippen molar-refractivity contribution >= 4 is 17.4 Å². The van der Waals surface area contributed by atoms with Crippen LogP contribution in [0.5, 0.6) is 0 Å². The molecule has 7 nitrogen and oxygen atoms in total. The normalized spacial score (nSPS) is 19.0. The lowest BCUT2D eigenvalue weighted by Gasteiger charge is -2.31. The topological polar surface area (TPSA) is 84.7 Å². The van der Waals surface area contributed by atoms with Crippen LogP contribution in [-0.2, 0) is 4.74 Å². The van der Waals surface area contributed by atoms with Gasteiger partial charge in [0.05, 0.1) is 17.6 Å². The minimum Gasteiger partial charge on any atom is -0.375 e. The van der Waals surface area contributed by atoms with Crippen molar-refractivity contribution in [3.8, 4) is 0 Å². The van der Waals surface area contributed by atoms with Crippen molar-refractivity contribution in [2.75, 3.05) is 25.0 Å². The van der Waals surface area contributed by atoms with Gasteiger partial charge in [-0.05, 0) is 13.0 Å². The molecule has 0 bridgehead atoms. The fraction of sp³-hybridized carbons (Fsp3) is 0.417. The SMILES string of the molecule is CC1CN(C(=O)Nc2cccc([N+](=O)[O-])c2)CCO1. The van der Waals surface area contributed by atoms with Crippen molar-refractivity contribution in [2.45, 2.75) is 13.0 Å². The average Bonchev–Trinajstić information content (AvgIpc) is 2.39. The zero-order chi connectivity index (χ0) is 13.8. The Morgan fingerprint density at radius 1 is 1.58 bits per heavy atom. The molecular weight excluding hydrogens is 250 g/mol. The zero-order valence-electron chi connectivity index (χ0n) is 10.5. The van der Waals surface area contributed by atoms with Crippen molar-refractivity contribution < 1.29 is 14.5 Å². The summed E-state index contributed by atoms with van der Waals surface area (Å²) in [6.45, 7) is 3.43. The lowest BCUT2D eigenvalue weighted by molar-refractivity contribution is -0.384. The molecule has 1 saturated heterocycles. The number of rotatable bonds is 2. The van der Waals surface area contributed by atoms with E-state index in [9.17, 15) is 14.9 Å². The van der Waals surface area contributed by atoms with E-state index in [0.717, 1.165) is 0 Å². The number of amides is 2. The molecule has 1 atom stereocenters. The van der Waals surface area contributed by atoms with Gasteiger partial charge in [0.2, 0.25) is 0 Å². The summed E-state index contributed by atoms with van der Waals surface area (Å²) in [6.07, 6.45) is 0.00427. The van der Waals surface area contributed by atoms with Gasteiger partial charge in [-0.2, -0.15) is 0 Å². The van der Waals surface area contributed by atoms with Gasteiger partial charge in [-0.25, -0.2) is 4.79 Å². The Kier molecular flexibility index (Phi) is 3.96. The highest BCUT2D eigenvalue weighted by molar-refractivity contribution is 5.89. The molecule has 2 amide bonds. The fourth-order valence-corrected chi connectivity index (χ4v) is 1.90. The molecule has 1 aliphatic heterocycles. The summed E-state index contributed by atoms with van der Waals surface area (Å²) < 4.78 is 5.35. The van der Waals surface area contributed by atoms with Gasteiger partial charge in [0.15, 0.2) is 0 Å². The Morgan fingerprint density at radius 3 is 3.05 bits per heavy atom. The van der Waals surface area contributed by atoms with Gasteiger partial charge < -0.3 is 15.0 Å². The van der Waals surface area contributed by atoms with Gasteiger partial charge in [0.1, 0.15) is 0 Å². The minimum absolute atomic E-state index is 0.00427. The van der Waals surface area contributed by atoms with Crippen molar-refractivity contribution in [1.82, 2.24) is 4.90 Å². The van der Waals surface area contributed by atoms with E-state index in [-0.39, 0.29) is 17.8 Å². The number of non-ortho nitro benzene ring substituents is 1. The molecule has 0 aromatic heterocycles. The maximum Gasteiger partial charge on any atom is 0.322 e. The summed E-state index contributed by atoms with van der Waals surface area (Å²) in [4.78, 5) is 23.8. The highest BCUT2D eigenvalue weighted by Crippen LogP contribution is 2.17. The van der Waals surface area contributed by atoms with Crippen LogP contribution < -0.4 is 5.32 Å². The van der Waals surface area contributed by atoms with Crippen LogP contribution in [0.1, 0.15) is 6.92 Å².